The van der Waals surface area contributed by atoms with E-state index in [1.165, 1.54) is 17.1 Å². The highest BCUT2D eigenvalue weighted by Gasteiger charge is 2.22. The summed E-state index contributed by atoms with van der Waals surface area (Å²) in [5.74, 6) is 1.09. The first-order chi connectivity index (χ1) is 17.5. The number of ether oxygens (including phenoxy) is 2. The lowest BCUT2D eigenvalue weighted by Gasteiger charge is -2.09. The fourth-order valence-electron chi connectivity index (χ4n) is 3.87. The molecule has 180 valence electrons. The molecule has 0 aliphatic carbocycles. The maximum absolute atomic E-state index is 13.1. The SMILES string of the molecule is COc1ccc2c(Oc3cnc(NC(=O)c4c(C)n(C)n(-c5ccccc5)c4=O)cn3)ccnc2c1. The van der Waals surface area contributed by atoms with Crippen molar-refractivity contribution >= 4 is 22.6 Å². The van der Waals surface area contributed by atoms with Gasteiger partial charge in [-0.15, -0.1) is 0 Å². The number of fused-ring (bicyclic) bond motifs is 1. The Morgan fingerprint density at radius 1 is 1.00 bits per heavy atom. The van der Waals surface area contributed by atoms with Crippen LogP contribution in [0, 0.1) is 6.92 Å². The van der Waals surface area contributed by atoms with Gasteiger partial charge < -0.3 is 14.8 Å². The first-order valence-corrected chi connectivity index (χ1v) is 11.0. The van der Waals surface area contributed by atoms with Crippen molar-refractivity contribution in [3.05, 3.63) is 94.8 Å². The summed E-state index contributed by atoms with van der Waals surface area (Å²) in [4.78, 5) is 38.8. The molecule has 0 atom stereocenters. The molecule has 0 aliphatic heterocycles. The van der Waals surface area contributed by atoms with E-state index in [-0.39, 0.29) is 17.3 Å². The van der Waals surface area contributed by atoms with Gasteiger partial charge in [-0.25, -0.2) is 14.6 Å². The lowest BCUT2D eigenvalue weighted by Crippen LogP contribution is -2.25. The Balaban J connectivity index is 1.36. The average molecular weight is 483 g/mol. The monoisotopic (exact) mass is 482 g/mol. The van der Waals surface area contributed by atoms with Gasteiger partial charge in [-0.2, -0.15) is 0 Å². The van der Waals surface area contributed by atoms with E-state index in [1.807, 2.05) is 36.4 Å². The van der Waals surface area contributed by atoms with Crippen LogP contribution in [0.1, 0.15) is 16.1 Å². The Hall–Kier alpha value is -4.99. The van der Waals surface area contributed by atoms with E-state index in [0.29, 0.717) is 28.4 Å². The summed E-state index contributed by atoms with van der Waals surface area (Å²) >= 11 is 0. The molecule has 1 N–H and O–H groups in total. The predicted octanol–water partition coefficient (Wildman–Crippen LogP) is 3.88. The Morgan fingerprint density at radius 2 is 1.81 bits per heavy atom. The second-order valence-electron chi connectivity index (χ2n) is 7.92. The van der Waals surface area contributed by atoms with Gasteiger partial charge >= 0.3 is 0 Å². The summed E-state index contributed by atoms with van der Waals surface area (Å²) in [5.41, 5.74) is 1.50. The van der Waals surface area contributed by atoms with Crippen LogP contribution in [-0.2, 0) is 7.05 Å². The van der Waals surface area contributed by atoms with Gasteiger partial charge in [0.05, 0.1) is 36.4 Å². The van der Waals surface area contributed by atoms with E-state index < -0.39 is 11.5 Å². The van der Waals surface area contributed by atoms with Crippen LogP contribution in [0.4, 0.5) is 5.82 Å². The third kappa shape index (κ3) is 4.16. The number of pyridine rings is 1. The molecule has 0 spiro atoms. The van der Waals surface area contributed by atoms with Crippen molar-refractivity contribution in [3.63, 3.8) is 0 Å². The van der Waals surface area contributed by atoms with Crippen molar-refractivity contribution in [1.29, 1.82) is 0 Å². The van der Waals surface area contributed by atoms with Crippen molar-refractivity contribution in [2.24, 2.45) is 7.05 Å². The second-order valence-corrected chi connectivity index (χ2v) is 7.92. The molecule has 1 amide bonds. The third-order valence-electron chi connectivity index (χ3n) is 5.78. The minimum Gasteiger partial charge on any atom is -0.497 e. The van der Waals surface area contributed by atoms with Crippen molar-refractivity contribution < 1.29 is 14.3 Å². The number of methoxy groups -OCH3 is 1. The second kappa shape index (κ2) is 9.34. The quantitative estimate of drug-likeness (QED) is 0.391. The van der Waals surface area contributed by atoms with Gasteiger partial charge in [0.25, 0.3) is 11.5 Å². The van der Waals surface area contributed by atoms with Crippen molar-refractivity contribution in [2.75, 3.05) is 12.4 Å². The molecule has 10 heteroatoms. The number of aromatic nitrogens is 5. The number of para-hydroxylation sites is 1. The lowest BCUT2D eigenvalue weighted by atomic mass is 10.2. The Bertz CT molecular complexity index is 1620. The van der Waals surface area contributed by atoms with Gasteiger partial charge in [0.15, 0.2) is 5.82 Å². The van der Waals surface area contributed by atoms with Crippen LogP contribution in [0.3, 0.4) is 0 Å². The molecule has 10 nitrogen and oxygen atoms in total. The van der Waals surface area contributed by atoms with Gasteiger partial charge in [-0.3, -0.25) is 19.3 Å². The van der Waals surface area contributed by atoms with Crippen LogP contribution in [-0.4, -0.2) is 37.3 Å². The minimum absolute atomic E-state index is 0.0298. The molecular weight excluding hydrogens is 460 g/mol. The van der Waals surface area contributed by atoms with Crippen LogP contribution < -0.4 is 20.3 Å². The summed E-state index contributed by atoms with van der Waals surface area (Å²) in [6.07, 6.45) is 4.39. The Kier molecular flexibility index (Phi) is 5.91. The summed E-state index contributed by atoms with van der Waals surface area (Å²) in [6.45, 7) is 1.72. The van der Waals surface area contributed by atoms with Crippen LogP contribution in [0.25, 0.3) is 16.6 Å². The fourth-order valence-corrected chi connectivity index (χ4v) is 3.87. The zero-order chi connectivity index (χ0) is 25.2. The highest BCUT2D eigenvalue weighted by molar-refractivity contribution is 6.04. The van der Waals surface area contributed by atoms with Crippen molar-refractivity contribution in [2.45, 2.75) is 6.92 Å². The lowest BCUT2D eigenvalue weighted by molar-refractivity contribution is 0.102. The summed E-state index contributed by atoms with van der Waals surface area (Å²) < 4.78 is 14.2. The number of carbonyl (C=O) groups is 1. The maximum Gasteiger partial charge on any atom is 0.284 e. The number of anilines is 1. The topological polar surface area (TPSA) is 113 Å². The van der Waals surface area contributed by atoms with Crippen molar-refractivity contribution in [1.82, 2.24) is 24.3 Å². The Labute approximate surface area is 205 Å². The zero-order valence-corrected chi connectivity index (χ0v) is 19.8. The molecule has 0 unspecified atom stereocenters. The molecule has 2 aromatic carbocycles. The number of hydrogen-bond donors (Lipinski definition) is 1. The van der Waals surface area contributed by atoms with Crippen LogP contribution in [0.5, 0.6) is 17.4 Å². The highest BCUT2D eigenvalue weighted by Crippen LogP contribution is 2.30. The largest absolute Gasteiger partial charge is 0.497 e. The molecule has 0 aliphatic rings. The van der Waals surface area contributed by atoms with E-state index >= 15 is 0 Å². The van der Waals surface area contributed by atoms with Gasteiger partial charge in [0.2, 0.25) is 5.88 Å². The number of benzene rings is 2. The maximum atomic E-state index is 13.1. The molecule has 3 aromatic heterocycles. The molecule has 5 aromatic rings. The Morgan fingerprint density at radius 3 is 2.53 bits per heavy atom. The number of amides is 1. The van der Waals surface area contributed by atoms with E-state index in [2.05, 4.69) is 20.3 Å². The average Bonchev–Trinajstić information content (AvgIpc) is 3.13. The summed E-state index contributed by atoms with van der Waals surface area (Å²) in [5, 5.41) is 3.43. The molecule has 0 fully saturated rings. The molecule has 3 heterocycles. The summed E-state index contributed by atoms with van der Waals surface area (Å²) in [7, 11) is 3.32. The molecule has 5 rings (SSSR count). The molecule has 0 bridgehead atoms. The predicted molar refractivity (Wildman–Crippen MR) is 134 cm³/mol. The third-order valence-corrected chi connectivity index (χ3v) is 5.78. The smallest absolute Gasteiger partial charge is 0.284 e. The van der Waals surface area contributed by atoms with E-state index in [4.69, 9.17) is 9.47 Å². The molecule has 0 radical (unpaired) electrons. The van der Waals surface area contributed by atoms with Gasteiger partial charge in [0, 0.05) is 24.7 Å². The molecule has 36 heavy (non-hydrogen) atoms. The van der Waals surface area contributed by atoms with Crippen LogP contribution in [0.15, 0.2) is 78.0 Å². The van der Waals surface area contributed by atoms with Gasteiger partial charge in [0.1, 0.15) is 17.1 Å². The molecule has 0 saturated heterocycles. The number of hydrogen-bond acceptors (Lipinski definition) is 7. The normalized spacial score (nSPS) is 10.9. The first-order valence-electron chi connectivity index (χ1n) is 11.0. The van der Waals surface area contributed by atoms with Crippen LogP contribution in [0.2, 0.25) is 0 Å². The zero-order valence-electron chi connectivity index (χ0n) is 19.8. The number of nitrogens with one attached hydrogen (secondary N) is 1. The van der Waals surface area contributed by atoms with E-state index in [1.54, 1.807) is 50.2 Å². The first kappa shape index (κ1) is 22.8. The van der Waals surface area contributed by atoms with Gasteiger partial charge in [-0.1, -0.05) is 18.2 Å². The highest BCUT2D eigenvalue weighted by atomic mass is 16.5. The number of rotatable bonds is 6. The number of nitrogens with zero attached hydrogens (tertiary/aromatic N) is 5. The minimum atomic E-state index is -0.570. The number of carbonyl (C=O) groups excluding carboxylic acids is 1. The van der Waals surface area contributed by atoms with Gasteiger partial charge in [-0.05, 0) is 37.3 Å². The molecule has 0 saturated carbocycles. The molecular formula is C26H22N6O4. The van der Waals surface area contributed by atoms with Crippen LogP contribution >= 0.6 is 0 Å². The van der Waals surface area contributed by atoms with Crippen molar-refractivity contribution in [3.8, 4) is 23.1 Å². The standard InChI is InChI=1S/C26H22N6O4/c1-16-24(26(34)32(31(16)2)17-7-5-4-6-8-17)25(33)30-22-14-29-23(15-28-22)36-21-11-12-27-20-13-18(35-3)9-10-19(20)21/h4-15H,1-3H3,(H,28,30,33). The van der Waals surface area contributed by atoms with E-state index in [0.717, 1.165) is 5.39 Å². The fraction of sp³-hybridized carbons (Fsp3) is 0.115. The summed E-state index contributed by atoms with van der Waals surface area (Å²) in [6, 6.07) is 16.3. The van der Waals surface area contributed by atoms with E-state index in [9.17, 15) is 9.59 Å².